The molecule has 0 bridgehead atoms. The molecule has 0 aliphatic heterocycles. The van der Waals surface area contributed by atoms with Crippen molar-refractivity contribution in [2.75, 3.05) is 0 Å². The monoisotopic (exact) mass is 460 g/mol. The third-order valence-corrected chi connectivity index (χ3v) is 5.86. The molecule has 0 amide bonds. The lowest BCUT2D eigenvalue weighted by Gasteiger charge is -2.05. The van der Waals surface area contributed by atoms with E-state index in [0.717, 1.165) is 55.0 Å². The molecule has 3 heteroatoms. The maximum Gasteiger partial charge on any atom is 0.147 e. The molecule has 0 aliphatic carbocycles. The van der Waals surface area contributed by atoms with Gasteiger partial charge in [-0.2, -0.15) is 0 Å². The van der Waals surface area contributed by atoms with Crippen LogP contribution in [-0.2, 0) is 0 Å². The summed E-state index contributed by atoms with van der Waals surface area (Å²) in [5.74, 6) is 0. The lowest BCUT2D eigenvalue weighted by atomic mass is 9.98. The summed E-state index contributed by atoms with van der Waals surface area (Å²) in [6.07, 6.45) is 0. The summed E-state index contributed by atoms with van der Waals surface area (Å²) in [7, 11) is 0. The lowest BCUT2D eigenvalue weighted by Crippen LogP contribution is -1.82. The van der Waals surface area contributed by atoms with E-state index in [1.54, 1.807) is 0 Å². The van der Waals surface area contributed by atoms with Crippen molar-refractivity contribution in [3.63, 3.8) is 0 Å². The minimum absolute atomic E-state index is 0.879. The zero-order valence-corrected chi connectivity index (χ0v) is 16.4. The van der Waals surface area contributed by atoms with E-state index >= 15 is 0 Å². The van der Waals surface area contributed by atoms with Gasteiger partial charge < -0.3 is 8.83 Å². The first-order valence-electron chi connectivity index (χ1n) is 8.81. The largest absolute Gasteiger partial charge is 0.455 e. The van der Waals surface area contributed by atoms with Gasteiger partial charge in [-0.3, -0.25) is 0 Å². The van der Waals surface area contributed by atoms with E-state index in [0.29, 0.717) is 0 Å². The summed E-state index contributed by atoms with van der Waals surface area (Å²) in [5.41, 5.74) is 5.68. The van der Waals surface area contributed by atoms with E-state index in [2.05, 4.69) is 77.2 Å². The van der Waals surface area contributed by atoms with Gasteiger partial charge in [0.2, 0.25) is 0 Å². The first kappa shape index (κ1) is 15.3. The van der Waals surface area contributed by atoms with Gasteiger partial charge in [-0.15, -0.1) is 0 Å². The standard InChI is InChI=1S/C24H13IO2/c25-15-11-9-14(10-12-15)22-23-18(16-5-1-3-7-20(16)26-23)13-19-17-6-2-4-8-21(17)27-24(19)22/h1-13H. The van der Waals surface area contributed by atoms with Crippen LogP contribution in [0.3, 0.4) is 0 Å². The second-order valence-electron chi connectivity index (χ2n) is 6.71. The quantitative estimate of drug-likeness (QED) is 0.235. The Kier molecular flexibility index (Phi) is 3.17. The topological polar surface area (TPSA) is 26.3 Å². The van der Waals surface area contributed by atoms with Gasteiger partial charge >= 0.3 is 0 Å². The Balaban J connectivity index is 1.88. The SMILES string of the molecule is Ic1ccc(-c2c3oc4ccccc4c3cc3c2oc2ccccc23)cc1. The summed E-state index contributed by atoms with van der Waals surface area (Å²) >= 11 is 2.33. The van der Waals surface area contributed by atoms with Crippen LogP contribution in [0.5, 0.6) is 0 Å². The molecule has 0 fully saturated rings. The average molecular weight is 460 g/mol. The number of fused-ring (bicyclic) bond motifs is 6. The van der Waals surface area contributed by atoms with Gasteiger partial charge in [-0.25, -0.2) is 0 Å². The van der Waals surface area contributed by atoms with Crippen molar-refractivity contribution < 1.29 is 8.83 Å². The number of benzene rings is 4. The smallest absolute Gasteiger partial charge is 0.147 e. The second-order valence-corrected chi connectivity index (χ2v) is 7.95. The van der Waals surface area contributed by atoms with Crippen LogP contribution >= 0.6 is 22.6 Å². The lowest BCUT2D eigenvalue weighted by molar-refractivity contribution is 0.658. The minimum atomic E-state index is 0.879. The van der Waals surface area contributed by atoms with Crippen molar-refractivity contribution in [1.82, 2.24) is 0 Å². The molecule has 0 saturated heterocycles. The van der Waals surface area contributed by atoms with Crippen molar-refractivity contribution in [3.8, 4) is 11.1 Å². The predicted octanol–water partition coefficient (Wildman–Crippen LogP) is 7.76. The van der Waals surface area contributed by atoms with Crippen LogP contribution < -0.4 is 0 Å². The van der Waals surface area contributed by atoms with Crippen molar-refractivity contribution in [2.24, 2.45) is 0 Å². The highest BCUT2D eigenvalue weighted by Crippen LogP contribution is 2.44. The average Bonchev–Trinajstić information content (AvgIpc) is 3.25. The van der Waals surface area contributed by atoms with Crippen molar-refractivity contribution in [1.29, 1.82) is 0 Å². The fourth-order valence-electron chi connectivity index (χ4n) is 3.91. The third kappa shape index (κ3) is 2.18. The normalized spacial score (nSPS) is 11.9. The molecular weight excluding hydrogens is 447 g/mol. The molecule has 2 nitrogen and oxygen atoms in total. The highest BCUT2D eigenvalue weighted by Gasteiger charge is 2.20. The molecule has 0 radical (unpaired) electrons. The number of halogens is 1. The molecule has 27 heavy (non-hydrogen) atoms. The zero-order chi connectivity index (χ0) is 18.0. The van der Waals surface area contributed by atoms with Crippen LogP contribution in [-0.4, -0.2) is 0 Å². The molecular formula is C24H13IO2. The van der Waals surface area contributed by atoms with Crippen molar-refractivity contribution >= 4 is 66.5 Å². The van der Waals surface area contributed by atoms with E-state index < -0.39 is 0 Å². The third-order valence-electron chi connectivity index (χ3n) is 5.14. The van der Waals surface area contributed by atoms with Gasteiger partial charge in [-0.1, -0.05) is 48.5 Å². The minimum Gasteiger partial charge on any atom is -0.455 e. The Hall–Kier alpha value is -2.79. The summed E-state index contributed by atoms with van der Waals surface area (Å²) < 4.78 is 13.8. The van der Waals surface area contributed by atoms with Gasteiger partial charge in [0.25, 0.3) is 0 Å². The van der Waals surface area contributed by atoms with Crippen LogP contribution in [0, 0.1) is 3.57 Å². The van der Waals surface area contributed by atoms with E-state index in [4.69, 9.17) is 8.83 Å². The Bertz CT molecular complexity index is 1380. The maximum atomic E-state index is 6.31. The van der Waals surface area contributed by atoms with E-state index in [-0.39, 0.29) is 0 Å². The summed E-state index contributed by atoms with van der Waals surface area (Å²) in [6.45, 7) is 0. The molecule has 128 valence electrons. The van der Waals surface area contributed by atoms with Crippen molar-refractivity contribution in [3.05, 3.63) is 82.4 Å². The molecule has 2 heterocycles. The maximum absolute atomic E-state index is 6.31. The van der Waals surface area contributed by atoms with Crippen LogP contribution in [0.15, 0.2) is 87.7 Å². The Morgan fingerprint density at radius 1 is 0.556 bits per heavy atom. The number of rotatable bonds is 1. The summed E-state index contributed by atoms with van der Waals surface area (Å²) in [5, 5.41) is 4.51. The van der Waals surface area contributed by atoms with Gasteiger partial charge in [0.05, 0.1) is 5.56 Å². The molecule has 0 saturated carbocycles. The fourth-order valence-corrected chi connectivity index (χ4v) is 4.27. The molecule has 0 unspecified atom stereocenters. The highest BCUT2D eigenvalue weighted by atomic mass is 127. The molecule has 0 spiro atoms. The van der Waals surface area contributed by atoms with Crippen LogP contribution in [0.4, 0.5) is 0 Å². The Morgan fingerprint density at radius 3 is 1.63 bits per heavy atom. The first-order valence-corrected chi connectivity index (χ1v) is 9.89. The Morgan fingerprint density at radius 2 is 1.07 bits per heavy atom. The van der Waals surface area contributed by atoms with E-state index in [9.17, 15) is 0 Å². The Labute approximate surface area is 168 Å². The van der Waals surface area contributed by atoms with E-state index in [1.165, 1.54) is 3.57 Å². The molecule has 6 rings (SSSR count). The van der Waals surface area contributed by atoms with Crippen molar-refractivity contribution in [2.45, 2.75) is 0 Å². The summed E-state index contributed by atoms with van der Waals surface area (Å²) in [6, 6.07) is 27.1. The van der Waals surface area contributed by atoms with Gasteiger partial charge in [0.1, 0.15) is 22.3 Å². The fraction of sp³-hybridized carbons (Fsp3) is 0. The molecule has 0 aliphatic rings. The van der Waals surface area contributed by atoms with Crippen LogP contribution in [0.25, 0.3) is 55.0 Å². The number of para-hydroxylation sites is 2. The zero-order valence-electron chi connectivity index (χ0n) is 14.2. The number of furan rings is 2. The number of hydrogen-bond acceptors (Lipinski definition) is 2. The molecule has 0 N–H and O–H groups in total. The molecule has 4 aromatic carbocycles. The summed E-state index contributed by atoms with van der Waals surface area (Å²) in [4.78, 5) is 0. The molecule has 2 aromatic heterocycles. The van der Waals surface area contributed by atoms with Crippen LogP contribution in [0.1, 0.15) is 0 Å². The van der Waals surface area contributed by atoms with Gasteiger partial charge in [0.15, 0.2) is 0 Å². The molecule has 6 aromatic rings. The first-order chi connectivity index (χ1) is 13.3. The second kappa shape index (κ2) is 5.60. The van der Waals surface area contributed by atoms with Gasteiger partial charge in [0, 0.05) is 25.1 Å². The predicted molar refractivity (Wildman–Crippen MR) is 119 cm³/mol. The molecule has 0 atom stereocenters. The van der Waals surface area contributed by atoms with E-state index in [1.807, 2.05) is 24.3 Å². The highest BCUT2D eigenvalue weighted by molar-refractivity contribution is 14.1. The number of hydrogen-bond donors (Lipinski definition) is 0. The van der Waals surface area contributed by atoms with Crippen LogP contribution in [0.2, 0.25) is 0 Å². The van der Waals surface area contributed by atoms with Gasteiger partial charge in [-0.05, 0) is 58.5 Å².